The maximum absolute atomic E-state index is 8.25. The van der Waals surface area contributed by atoms with Gasteiger partial charge >= 0.3 is 0 Å². The van der Waals surface area contributed by atoms with Gasteiger partial charge < -0.3 is 14.2 Å². The Balaban J connectivity index is 1.87. The number of fused-ring (bicyclic) bond motifs is 5. The fraction of sp³-hybridized carbons (Fsp3) is 0.217. The zero-order chi connectivity index (χ0) is 23.0. The van der Waals surface area contributed by atoms with Crippen molar-refractivity contribution in [3.8, 4) is 0 Å². The molecule has 0 N–H and O–H groups in total. The first-order valence-electron chi connectivity index (χ1n) is 11.6. The van der Waals surface area contributed by atoms with Gasteiger partial charge in [-0.2, -0.15) is 0 Å². The first-order valence-corrected chi connectivity index (χ1v) is 8.63. The lowest BCUT2D eigenvalue weighted by Crippen LogP contribution is -2.35. The van der Waals surface area contributed by atoms with Crippen LogP contribution in [0, 0.1) is 13.8 Å². The number of nitrogens with zero attached hydrogens (tertiary/aromatic N) is 2. The second-order valence-electron chi connectivity index (χ2n) is 6.75. The highest BCUT2D eigenvalue weighted by Crippen LogP contribution is 2.49. The van der Waals surface area contributed by atoms with Gasteiger partial charge in [-0.1, -0.05) is 36.4 Å². The van der Waals surface area contributed by atoms with Gasteiger partial charge in [-0.3, -0.25) is 0 Å². The zero-order valence-corrected chi connectivity index (χ0v) is 14.6. The third kappa shape index (κ3) is 1.88. The molecule has 0 saturated heterocycles. The first kappa shape index (κ1) is 10.3. The van der Waals surface area contributed by atoms with Crippen LogP contribution in [0.2, 0.25) is 0 Å². The number of anilines is 3. The summed E-state index contributed by atoms with van der Waals surface area (Å²) in [7, 11) is 0. The highest BCUT2D eigenvalue weighted by atomic mass is 16.3. The summed E-state index contributed by atoms with van der Waals surface area (Å²) >= 11 is 0. The predicted octanol–water partition coefficient (Wildman–Crippen LogP) is 6.14. The quantitative estimate of drug-likeness (QED) is 0.412. The minimum atomic E-state index is -2.42. The van der Waals surface area contributed by atoms with Crippen LogP contribution in [-0.2, 0) is 0 Å². The number of hydrogen-bond donors (Lipinski definition) is 0. The molecule has 2 heterocycles. The topological polar surface area (TPSA) is 19.6 Å². The Morgan fingerprint density at radius 3 is 2.50 bits per heavy atom. The number of rotatable bonds is 1. The van der Waals surface area contributed by atoms with Gasteiger partial charge in [-0.15, -0.1) is 0 Å². The molecule has 3 nitrogen and oxygen atoms in total. The summed E-state index contributed by atoms with van der Waals surface area (Å²) in [4.78, 5) is 3.38. The molecule has 26 heavy (non-hydrogen) atoms. The standard InChI is InChI=1S/C23H22N2O/c1-14-8-5-6-11-19(14)25-16(3)24(4)21-20(25)13-12-18-17-10-7-9-15(2)22(17)26-23(18)21/h5-13,16H,1-4H3/t16-/m0/s1/i2D3,4D3. The van der Waals surface area contributed by atoms with Crippen molar-refractivity contribution < 1.29 is 12.6 Å². The molecule has 0 aliphatic carbocycles. The van der Waals surface area contributed by atoms with E-state index in [2.05, 4.69) is 0 Å². The fourth-order valence-electron chi connectivity index (χ4n) is 3.93. The van der Waals surface area contributed by atoms with E-state index in [4.69, 9.17) is 12.6 Å². The van der Waals surface area contributed by atoms with Crippen molar-refractivity contribution in [1.82, 2.24) is 0 Å². The largest absolute Gasteiger partial charge is 0.454 e. The molecule has 0 radical (unpaired) electrons. The van der Waals surface area contributed by atoms with E-state index >= 15 is 0 Å². The molecule has 0 fully saturated rings. The molecule has 1 aliphatic heterocycles. The van der Waals surface area contributed by atoms with E-state index in [9.17, 15) is 0 Å². The molecular formula is C23H22N2O. The maximum Gasteiger partial charge on any atom is 0.160 e. The number of aryl methyl sites for hydroxylation is 2. The Bertz CT molecular complexity index is 1350. The third-order valence-corrected chi connectivity index (χ3v) is 5.24. The van der Waals surface area contributed by atoms with Crippen molar-refractivity contribution in [2.24, 2.45) is 0 Å². The molecule has 1 aliphatic rings. The average molecular weight is 348 g/mol. The van der Waals surface area contributed by atoms with Crippen molar-refractivity contribution in [2.45, 2.75) is 26.9 Å². The third-order valence-electron chi connectivity index (χ3n) is 5.24. The van der Waals surface area contributed by atoms with Crippen molar-refractivity contribution in [3.05, 3.63) is 65.7 Å². The lowest BCUT2D eigenvalue weighted by atomic mass is 10.1. The zero-order valence-electron chi connectivity index (χ0n) is 20.6. The summed E-state index contributed by atoms with van der Waals surface area (Å²) in [5, 5.41) is 1.35. The maximum atomic E-state index is 8.25. The van der Waals surface area contributed by atoms with E-state index in [-0.39, 0.29) is 11.1 Å². The number of para-hydroxylation sites is 2. The van der Waals surface area contributed by atoms with E-state index in [0.717, 1.165) is 11.3 Å². The first-order chi connectivity index (χ1) is 15.0. The van der Waals surface area contributed by atoms with Crippen LogP contribution in [0.4, 0.5) is 17.1 Å². The SMILES string of the molecule is [2H]C([2H])([2H])c1cccc2c1oc1c3c(ccc12)N(c1ccccc1C)[C@@H](C)N3C([2H])([2H])[2H]. The summed E-state index contributed by atoms with van der Waals surface area (Å²) in [5.74, 6) is 0. The second-order valence-corrected chi connectivity index (χ2v) is 6.75. The van der Waals surface area contributed by atoms with E-state index in [0.29, 0.717) is 27.7 Å². The van der Waals surface area contributed by atoms with Gasteiger partial charge in [-0.05, 0) is 50.0 Å². The minimum Gasteiger partial charge on any atom is -0.454 e. The van der Waals surface area contributed by atoms with Crippen LogP contribution in [0.3, 0.4) is 0 Å². The summed E-state index contributed by atoms with van der Waals surface area (Å²) in [5.41, 5.74) is 3.86. The van der Waals surface area contributed by atoms with Gasteiger partial charge in [0.2, 0.25) is 0 Å². The molecule has 0 amide bonds. The molecule has 0 bridgehead atoms. The van der Waals surface area contributed by atoms with Crippen LogP contribution in [0.5, 0.6) is 0 Å². The van der Waals surface area contributed by atoms with Crippen molar-refractivity contribution in [3.63, 3.8) is 0 Å². The molecule has 3 heteroatoms. The van der Waals surface area contributed by atoms with Gasteiger partial charge in [0.05, 0.1) is 5.69 Å². The van der Waals surface area contributed by atoms with Crippen LogP contribution in [-0.4, -0.2) is 13.1 Å². The predicted molar refractivity (Wildman–Crippen MR) is 110 cm³/mol. The normalized spacial score (nSPS) is 21.1. The van der Waals surface area contributed by atoms with Gasteiger partial charge in [0.1, 0.15) is 17.4 Å². The highest BCUT2D eigenvalue weighted by molar-refractivity contribution is 6.13. The van der Waals surface area contributed by atoms with Crippen LogP contribution in [0.15, 0.2) is 59.0 Å². The number of furan rings is 1. The summed E-state index contributed by atoms with van der Waals surface area (Å²) in [6.45, 7) is -0.935. The van der Waals surface area contributed by atoms with Gasteiger partial charge in [0.25, 0.3) is 0 Å². The molecule has 3 aromatic carbocycles. The number of hydrogen-bond acceptors (Lipinski definition) is 3. The molecule has 1 atom stereocenters. The minimum absolute atomic E-state index is 0.113. The van der Waals surface area contributed by atoms with E-state index in [1.165, 1.54) is 11.0 Å². The average Bonchev–Trinajstić information content (AvgIpc) is 3.22. The monoisotopic (exact) mass is 348 g/mol. The molecule has 0 unspecified atom stereocenters. The van der Waals surface area contributed by atoms with E-state index in [1.54, 1.807) is 12.1 Å². The van der Waals surface area contributed by atoms with E-state index in [1.807, 2.05) is 55.1 Å². The Kier molecular flexibility index (Phi) is 2.08. The molecule has 4 aromatic rings. The lowest BCUT2D eigenvalue weighted by molar-refractivity contribution is 0.661. The summed E-state index contributed by atoms with van der Waals surface area (Å²) < 4.78 is 54.6. The Labute approximate surface area is 161 Å². The lowest BCUT2D eigenvalue weighted by Gasteiger charge is -2.28. The molecule has 0 spiro atoms. The molecular weight excluding hydrogens is 320 g/mol. The van der Waals surface area contributed by atoms with Crippen LogP contribution >= 0.6 is 0 Å². The summed E-state index contributed by atoms with van der Waals surface area (Å²) in [6, 6.07) is 16.6. The Morgan fingerprint density at radius 1 is 0.885 bits per heavy atom. The van der Waals surface area contributed by atoms with Crippen LogP contribution in [0.25, 0.3) is 21.9 Å². The highest BCUT2D eigenvalue weighted by Gasteiger charge is 2.35. The fourth-order valence-corrected chi connectivity index (χ4v) is 3.93. The number of benzene rings is 3. The van der Waals surface area contributed by atoms with Crippen molar-refractivity contribution >= 4 is 39.0 Å². The van der Waals surface area contributed by atoms with Crippen LogP contribution < -0.4 is 9.80 Å². The Morgan fingerprint density at radius 2 is 1.69 bits per heavy atom. The Hall–Kier alpha value is -2.94. The molecule has 130 valence electrons. The van der Waals surface area contributed by atoms with Crippen molar-refractivity contribution in [1.29, 1.82) is 0 Å². The van der Waals surface area contributed by atoms with Gasteiger partial charge in [0.15, 0.2) is 5.58 Å². The van der Waals surface area contributed by atoms with Crippen molar-refractivity contribution in [2.75, 3.05) is 16.8 Å². The van der Waals surface area contributed by atoms with Gasteiger partial charge in [0, 0.05) is 31.7 Å². The smallest absolute Gasteiger partial charge is 0.160 e. The van der Waals surface area contributed by atoms with Crippen LogP contribution in [0.1, 0.15) is 26.3 Å². The molecule has 0 saturated carbocycles. The van der Waals surface area contributed by atoms with Gasteiger partial charge in [-0.25, -0.2) is 0 Å². The second kappa shape index (κ2) is 5.28. The molecule has 5 rings (SSSR count). The van der Waals surface area contributed by atoms with E-state index < -0.39 is 20.0 Å². The summed E-state index contributed by atoms with van der Waals surface area (Å²) in [6.07, 6.45) is -0.500. The molecule has 1 aromatic heterocycles.